The third-order valence-corrected chi connectivity index (χ3v) is 5.85. The highest BCUT2D eigenvalue weighted by Gasteiger charge is 2.42. The van der Waals surface area contributed by atoms with E-state index in [0.717, 1.165) is 26.1 Å². The number of carbonyl (C=O) groups excluding carboxylic acids is 1. The molecule has 5 nitrogen and oxygen atoms in total. The molecular weight excluding hydrogens is 334 g/mol. The fourth-order valence-corrected chi connectivity index (χ4v) is 4.48. The largest absolute Gasteiger partial charge is 0.373 e. The van der Waals surface area contributed by atoms with Crippen LogP contribution < -0.4 is 5.32 Å². The van der Waals surface area contributed by atoms with Gasteiger partial charge in [0, 0.05) is 42.8 Å². The van der Waals surface area contributed by atoms with Gasteiger partial charge in [-0.2, -0.15) is 0 Å². The SMILES string of the molecule is O=C(C[C@@H]1C[C@@H]2CN(Cc3cccnc3)C[C@@H]2O1)NCc1cccs1. The first kappa shape index (κ1) is 16.7. The molecule has 2 aromatic rings. The molecule has 2 saturated heterocycles. The van der Waals surface area contributed by atoms with Crippen molar-refractivity contribution in [3.05, 3.63) is 52.5 Å². The zero-order chi connectivity index (χ0) is 17.1. The third kappa shape index (κ3) is 4.26. The highest BCUT2D eigenvalue weighted by atomic mass is 32.1. The number of ether oxygens (including phenoxy) is 1. The monoisotopic (exact) mass is 357 g/mol. The minimum atomic E-state index is 0.0684. The van der Waals surface area contributed by atoms with Crippen molar-refractivity contribution in [3.63, 3.8) is 0 Å². The second-order valence-electron chi connectivity index (χ2n) is 6.91. The molecule has 2 aromatic heterocycles. The average Bonchev–Trinajstić information content (AvgIpc) is 3.30. The molecule has 2 fully saturated rings. The predicted molar refractivity (Wildman–Crippen MR) is 97.1 cm³/mol. The molecule has 0 aromatic carbocycles. The van der Waals surface area contributed by atoms with Crippen molar-refractivity contribution in [3.8, 4) is 0 Å². The first-order valence-electron chi connectivity index (χ1n) is 8.82. The first-order valence-corrected chi connectivity index (χ1v) is 9.70. The van der Waals surface area contributed by atoms with E-state index >= 15 is 0 Å². The molecule has 1 amide bonds. The van der Waals surface area contributed by atoms with Crippen LogP contribution in [0.15, 0.2) is 42.0 Å². The van der Waals surface area contributed by atoms with Crippen molar-refractivity contribution >= 4 is 17.2 Å². The van der Waals surface area contributed by atoms with Crippen LogP contribution in [0.1, 0.15) is 23.3 Å². The van der Waals surface area contributed by atoms with Crippen LogP contribution in [0.4, 0.5) is 0 Å². The fraction of sp³-hybridized carbons (Fsp3) is 0.474. The van der Waals surface area contributed by atoms with Crippen LogP contribution in [0.3, 0.4) is 0 Å². The summed E-state index contributed by atoms with van der Waals surface area (Å²) in [6, 6.07) is 8.14. The highest BCUT2D eigenvalue weighted by Crippen LogP contribution is 2.34. The molecule has 3 atom stereocenters. The van der Waals surface area contributed by atoms with Gasteiger partial charge in [-0.25, -0.2) is 0 Å². The number of aromatic nitrogens is 1. The van der Waals surface area contributed by atoms with Crippen LogP contribution in [0.25, 0.3) is 0 Å². The first-order chi connectivity index (χ1) is 12.3. The summed E-state index contributed by atoms with van der Waals surface area (Å²) in [6.07, 6.45) is 5.53. The van der Waals surface area contributed by atoms with Crippen LogP contribution in [-0.4, -0.2) is 41.1 Å². The Morgan fingerprint density at radius 3 is 3.08 bits per heavy atom. The number of nitrogens with zero attached hydrogens (tertiary/aromatic N) is 2. The van der Waals surface area contributed by atoms with Gasteiger partial charge in [0.25, 0.3) is 0 Å². The predicted octanol–water partition coefficient (Wildman–Crippen LogP) is 2.44. The number of likely N-dealkylation sites (tertiary alicyclic amines) is 1. The van der Waals surface area contributed by atoms with E-state index in [-0.39, 0.29) is 18.1 Å². The summed E-state index contributed by atoms with van der Waals surface area (Å²) in [5.41, 5.74) is 1.24. The van der Waals surface area contributed by atoms with Crippen molar-refractivity contribution in [2.75, 3.05) is 13.1 Å². The van der Waals surface area contributed by atoms with Gasteiger partial charge in [0.15, 0.2) is 0 Å². The number of hydrogen-bond donors (Lipinski definition) is 1. The Morgan fingerprint density at radius 2 is 2.32 bits per heavy atom. The van der Waals surface area contributed by atoms with Crippen LogP contribution in [-0.2, 0) is 22.6 Å². The smallest absolute Gasteiger partial charge is 0.222 e. The second-order valence-corrected chi connectivity index (χ2v) is 7.94. The van der Waals surface area contributed by atoms with Crippen molar-refractivity contribution in [1.29, 1.82) is 0 Å². The molecule has 4 heterocycles. The molecule has 25 heavy (non-hydrogen) atoms. The lowest BCUT2D eigenvalue weighted by Crippen LogP contribution is -2.29. The molecule has 4 rings (SSSR count). The summed E-state index contributed by atoms with van der Waals surface area (Å²) in [6.45, 7) is 3.55. The number of fused-ring (bicyclic) bond motifs is 1. The molecular formula is C19H23N3O2S. The molecule has 6 heteroatoms. The zero-order valence-corrected chi connectivity index (χ0v) is 15.0. The van der Waals surface area contributed by atoms with Crippen molar-refractivity contribution in [2.45, 2.75) is 38.1 Å². The Kier molecular flexibility index (Phi) is 5.10. The molecule has 0 aliphatic carbocycles. The Bertz CT molecular complexity index is 678. The highest BCUT2D eigenvalue weighted by molar-refractivity contribution is 7.09. The van der Waals surface area contributed by atoms with Gasteiger partial charge in [-0.05, 0) is 29.5 Å². The average molecular weight is 357 g/mol. The molecule has 2 aliphatic rings. The molecule has 1 N–H and O–H groups in total. The van der Waals surface area contributed by atoms with Gasteiger partial charge in [-0.3, -0.25) is 14.7 Å². The van der Waals surface area contributed by atoms with E-state index in [0.29, 0.717) is 18.9 Å². The van der Waals surface area contributed by atoms with E-state index in [1.165, 1.54) is 10.4 Å². The summed E-state index contributed by atoms with van der Waals surface area (Å²) < 4.78 is 6.15. The van der Waals surface area contributed by atoms with E-state index in [9.17, 15) is 4.79 Å². The van der Waals surface area contributed by atoms with E-state index in [1.807, 2.05) is 29.8 Å². The maximum atomic E-state index is 12.1. The Morgan fingerprint density at radius 1 is 1.36 bits per heavy atom. The lowest BCUT2D eigenvalue weighted by Gasteiger charge is -2.19. The summed E-state index contributed by atoms with van der Waals surface area (Å²) in [7, 11) is 0. The van der Waals surface area contributed by atoms with Crippen LogP contribution in [0.2, 0.25) is 0 Å². The number of hydrogen-bond acceptors (Lipinski definition) is 5. The fourth-order valence-electron chi connectivity index (χ4n) is 3.84. The van der Waals surface area contributed by atoms with Crippen LogP contribution in [0, 0.1) is 5.92 Å². The minimum absolute atomic E-state index is 0.0684. The van der Waals surface area contributed by atoms with Crippen molar-refractivity contribution in [2.24, 2.45) is 5.92 Å². The quantitative estimate of drug-likeness (QED) is 0.863. The minimum Gasteiger partial charge on any atom is -0.373 e. The number of amides is 1. The number of carbonyl (C=O) groups is 1. The number of nitrogens with one attached hydrogen (secondary N) is 1. The lowest BCUT2D eigenvalue weighted by molar-refractivity contribution is -0.123. The van der Waals surface area contributed by atoms with Gasteiger partial charge in [0.2, 0.25) is 5.91 Å². The molecule has 132 valence electrons. The van der Waals surface area contributed by atoms with E-state index in [4.69, 9.17) is 4.74 Å². The summed E-state index contributed by atoms with van der Waals surface area (Å²) in [4.78, 5) is 19.9. The maximum absolute atomic E-state index is 12.1. The van der Waals surface area contributed by atoms with Gasteiger partial charge < -0.3 is 10.1 Å². The standard InChI is InChI=1S/C19H23N3O2S/c23-19(21-10-17-4-2-6-25-17)8-16-7-15-12-22(13-18(15)24-16)11-14-3-1-5-20-9-14/h1-6,9,15-16,18H,7-8,10-13H2,(H,21,23)/t15-,16+,18+/m1/s1. The number of thiophene rings is 1. The van der Waals surface area contributed by atoms with Gasteiger partial charge in [-0.15, -0.1) is 11.3 Å². The van der Waals surface area contributed by atoms with Gasteiger partial charge in [0.1, 0.15) is 0 Å². The van der Waals surface area contributed by atoms with Crippen molar-refractivity contribution < 1.29 is 9.53 Å². The Hall–Kier alpha value is -1.76. The van der Waals surface area contributed by atoms with Crippen LogP contribution in [0.5, 0.6) is 0 Å². The van der Waals surface area contributed by atoms with Crippen LogP contribution >= 0.6 is 11.3 Å². The van der Waals surface area contributed by atoms with E-state index in [1.54, 1.807) is 17.5 Å². The Balaban J connectivity index is 1.20. The van der Waals surface area contributed by atoms with E-state index in [2.05, 4.69) is 21.3 Å². The molecule has 0 spiro atoms. The van der Waals surface area contributed by atoms with E-state index < -0.39 is 0 Å². The molecule has 2 aliphatic heterocycles. The third-order valence-electron chi connectivity index (χ3n) is 4.97. The maximum Gasteiger partial charge on any atom is 0.222 e. The van der Waals surface area contributed by atoms with Gasteiger partial charge >= 0.3 is 0 Å². The topological polar surface area (TPSA) is 54.5 Å². The zero-order valence-electron chi connectivity index (χ0n) is 14.1. The number of rotatable bonds is 6. The van der Waals surface area contributed by atoms with Crippen molar-refractivity contribution in [1.82, 2.24) is 15.2 Å². The summed E-state index contributed by atoms with van der Waals surface area (Å²) in [5, 5.41) is 5.02. The Labute approximate surface area is 152 Å². The molecule has 0 radical (unpaired) electrons. The molecule has 0 bridgehead atoms. The summed E-state index contributed by atoms with van der Waals surface area (Å²) >= 11 is 1.67. The number of pyridine rings is 1. The second kappa shape index (κ2) is 7.64. The molecule has 0 saturated carbocycles. The normalized spacial score (nSPS) is 25.8. The van der Waals surface area contributed by atoms with Gasteiger partial charge in [-0.1, -0.05) is 12.1 Å². The van der Waals surface area contributed by atoms with Gasteiger partial charge in [0.05, 0.1) is 25.2 Å². The molecule has 0 unspecified atom stereocenters. The lowest BCUT2D eigenvalue weighted by atomic mass is 10.0. The summed E-state index contributed by atoms with van der Waals surface area (Å²) in [5.74, 6) is 0.636.